The van der Waals surface area contributed by atoms with Gasteiger partial charge in [-0.25, -0.2) is 23.5 Å². The molecule has 2 aliphatic carbocycles. The standard InChI is InChI=1S/C104H118F2N20O24/c1-5-103(145)54-147-50-65-67(103)36-77-96-63(46-125(77)100(65)142)94-71(23-21-61-57(3)69(105)38-73(119-96)92(61)94)115-87(135)52-148-55-113-81(129)42-111-98(140)75(34-59-16-10-7-11-17-59)117-83(131)44-107-79(127)40-109-85(133)48-121-28-29-122(31-33-123(32-30-121)89(137)20-14-9-15-27-124-90(138)25-26-91(124)139)49-86(134)110-41-80(128)108-45-84(132)118-76(35-60-18-12-8-13-19-60)99(141)112-43-82(130)114-56-149-53-88(136)116-72-24-22-62-58(4)70(106)39-74-93(62)95(72)64-47-126-78(97(64)120-74)37-68-66(101(126)143)51-150-102(144)104(68,146)6-2/h7-8,10-13,16-19,25-26,36-39,71-72,75-76,145-146H,5-6,9,14-15,20-24,27-35,40-56H2,1-4H3,(H,107,127)(H,108,128)(H,109,133)(H,110,134)(H,111,140)(H,112,141)(H,113,129)(H,114,130)(H,115,135)(H,116,136)(H,117,131)(H,118,132)/t71-,72-,75-,76-,103+,104-/m0/s1. The number of fused-ring (bicyclic) bond motifs is 10. The molecule has 0 unspecified atom stereocenters. The van der Waals surface area contributed by atoms with E-state index in [2.05, 4.69) is 63.8 Å². The third-order valence-corrected chi connectivity index (χ3v) is 28.5. The number of pyridine rings is 4. The van der Waals surface area contributed by atoms with Crippen molar-refractivity contribution in [1.82, 2.24) is 103 Å². The van der Waals surface area contributed by atoms with Gasteiger partial charge in [0, 0.05) is 122 Å². The number of hydrogen-bond donors (Lipinski definition) is 14. The molecule has 0 radical (unpaired) electrons. The number of rotatable bonds is 42. The lowest BCUT2D eigenvalue weighted by atomic mass is 9.81. The summed E-state index contributed by atoms with van der Waals surface area (Å²) in [4.78, 5) is 258. The van der Waals surface area contributed by atoms with Gasteiger partial charge in [-0.3, -0.25) is 96.2 Å². The highest BCUT2D eigenvalue weighted by Crippen LogP contribution is 2.49. The van der Waals surface area contributed by atoms with E-state index in [1.807, 2.05) is 0 Å². The van der Waals surface area contributed by atoms with Crippen molar-refractivity contribution >= 4 is 116 Å². The monoisotopic (exact) mass is 2070 g/mol. The summed E-state index contributed by atoms with van der Waals surface area (Å²) in [5.74, 6) is -11.7. The minimum absolute atomic E-state index is 0.00466. The highest BCUT2D eigenvalue weighted by atomic mass is 19.1. The van der Waals surface area contributed by atoms with Crippen LogP contribution in [0, 0.1) is 25.5 Å². The number of halogens is 2. The summed E-state index contributed by atoms with van der Waals surface area (Å²) in [6.07, 6.45) is 5.29. The summed E-state index contributed by atoms with van der Waals surface area (Å²) in [5, 5.41) is 55.3. The molecule has 44 nitrogen and oxygen atoms in total. The summed E-state index contributed by atoms with van der Waals surface area (Å²) in [6.45, 7) is 1.06. The average molecular weight is 2070 g/mol. The predicted octanol–water partition coefficient (Wildman–Crippen LogP) is -0.987. The van der Waals surface area contributed by atoms with Crippen LogP contribution in [-0.2, 0) is 159 Å². The number of ether oxygens (including phenoxy) is 4. The van der Waals surface area contributed by atoms with Gasteiger partial charge in [0.1, 0.15) is 62.6 Å². The minimum Gasteiger partial charge on any atom is -0.458 e. The van der Waals surface area contributed by atoms with Crippen LogP contribution < -0.4 is 74.9 Å². The number of carbonyl (C=O) groups is 16. The summed E-state index contributed by atoms with van der Waals surface area (Å²) in [6, 6.07) is 19.2. The van der Waals surface area contributed by atoms with Crippen LogP contribution >= 0.6 is 0 Å². The number of aliphatic hydroxyl groups is 2. The molecule has 1 fully saturated rings. The number of esters is 1. The van der Waals surface area contributed by atoms with Gasteiger partial charge >= 0.3 is 5.97 Å². The summed E-state index contributed by atoms with van der Waals surface area (Å²) < 4.78 is 56.2. The van der Waals surface area contributed by atoms with E-state index in [1.165, 1.54) is 28.9 Å². The molecule has 4 aromatic carbocycles. The largest absolute Gasteiger partial charge is 0.458 e. The molecular weight excluding hydrogens is 1950 g/mol. The highest BCUT2D eigenvalue weighted by molar-refractivity contribution is 6.13. The Morgan fingerprint density at radius 2 is 0.920 bits per heavy atom. The zero-order valence-electron chi connectivity index (χ0n) is 83.2. The Morgan fingerprint density at radius 1 is 0.487 bits per heavy atom. The molecule has 6 aliphatic heterocycles. The number of aryl methyl sites for hydroxylation is 2. The summed E-state index contributed by atoms with van der Waals surface area (Å²) in [5.41, 5.74) is 4.72. The van der Waals surface area contributed by atoms with E-state index in [-0.39, 0.29) is 152 Å². The number of unbranched alkanes of at least 4 members (excludes halogenated alkanes) is 2. The molecule has 150 heavy (non-hydrogen) atoms. The Labute approximate surface area is 857 Å². The molecule has 46 heteroatoms. The first-order valence-corrected chi connectivity index (χ1v) is 49.9. The predicted molar refractivity (Wildman–Crippen MR) is 531 cm³/mol. The van der Waals surface area contributed by atoms with Crippen LogP contribution in [0.5, 0.6) is 0 Å². The van der Waals surface area contributed by atoms with Crippen LogP contribution in [0.25, 0.3) is 44.6 Å². The molecular formula is C104H118F2N20O24. The molecule has 0 spiro atoms. The Kier molecular flexibility index (Phi) is 34.0. The van der Waals surface area contributed by atoms with Gasteiger partial charge in [0.05, 0.1) is 130 Å². The van der Waals surface area contributed by atoms with Gasteiger partial charge in [-0.1, -0.05) is 80.9 Å². The summed E-state index contributed by atoms with van der Waals surface area (Å²) >= 11 is 0. The fourth-order valence-electron chi connectivity index (χ4n) is 20.4. The first-order chi connectivity index (χ1) is 72.0. The number of hydrogen-bond acceptors (Lipinski definition) is 28. The quantitative estimate of drug-likeness (QED) is 0.00945. The Hall–Kier alpha value is -15.4. The van der Waals surface area contributed by atoms with E-state index in [0.29, 0.717) is 145 Å². The highest BCUT2D eigenvalue weighted by Gasteiger charge is 2.48. The third-order valence-electron chi connectivity index (χ3n) is 28.5. The van der Waals surface area contributed by atoms with Gasteiger partial charge in [-0.2, -0.15) is 0 Å². The van der Waals surface area contributed by atoms with Crippen LogP contribution in [0.1, 0.15) is 155 Å². The topological polar surface area (TPSA) is 578 Å². The third kappa shape index (κ3) is 24.4. The average Bonchev–Trinajstić information content (AvgIpc) is 1.54. The Morgan fingerprint density at radius 3 is 1.39 bits per heavy atom. The number of carbonyl (C=O) groups excluding carboxylic acids is 16. The molecule has 14 N–H and O–H groups in total. The zero-order chi connectivity index (χ0) is 107. The van der Waals surface area contributed by atoms with Crippen molar-refractivity contribution in [2.24, 2.45) is 0 Å². The molecule has 0 saturated carbocycles. The lowest BCUT2D eigenvalue weighted by Crippen LogP contribution is -2.52. The van der Waals surface area contributed by atoms with Crippen molar-refractivity contribution in [3.8, 4) is 22.8 Å². The van der Waals surface area contributed by atoms with Crippen LogP contribution in [0.3, 0.4) is 0 Å². The molecule has 1 saturated heterocycles. The second-order valence-electron chi connectivity index (χ2n) is 38.3. The van der Waals surface area contributed by atoms with Gasteiger partial charge in [0.25, 0.3) is 22.9 Å². The van der Waals surface area contributed by atoms with E-state index in [4.69, 9.17) is 28.9 Å². The first kappa shape index (κ1) is 107. The maximum atomic E-state index is 15.6. The molecule has 6 atom stereocenters. The van der Waals surface area contributed by atoms with E-state index >= 15 is 8.78 Å². The van der Waals surface area contributed by atoms with Crippen molar-refractivity contribution < 1.29 is 115 Å². The molecule has 4 aromatic heterocycles. The maximum Gasteiger partial charge on any atom is 0.343 e. The van der Waals surface area contributed by atoms with Gasteiger partial charge in [-0.05, 0) is 127 Å². The maximum absolute atomic E-state index is 15.6. The van der Waals surface area contributed by atoms with Gasteiger partial charge in [-0.15, -0.1) is 0 Å². The molecule has 792 valence electrons. The van der Waals surface area contributed by atoms with Gasteiger partial charge < -0.3 is 107 Å². The zero-order valence-corrected chi connectivity index (χ0v) is 83.2. The number of imide groups is 1. The number of nitrogens with zero attached hydrogens (tertiary/aromatic N) is 8. The van der Waals surface area contributed by atoms with Crippen molar-refractivity contribution in [1.29, 1.82) is 0 Å². The Bertz CT molecular complexity index is 6840. The number of amides is 15. The number of benzene rings is 4. The van der Waals surface area contributed by atoms with Crippen molar-refractivity contribution in [2.45, 2.75) is 166 Å². The van der Waals surface area contributed by atoms with Crippen LogP contribution in [0.2, 0.25) is 0 Å². The van der Waals surface area contributed by atoms with Gasteiger partial charge in [0.2, 0.25) is 76.8 Å². The molecule has 15 amide bonds. The van der Waals surface area contributed by atoms with Crippen molar-refractivity contribution in [3.63, 3.8) is 0 Å². The van der Waals surface area contributed by atoms with Crippen LogP contribution in [-0.4, -0.2) is 287 Å². The second-order valence-corrected chi connectivity index (χ2v) is 38.3. The Balaban J connectivity index is 0.463. The lowest BCUT2D eigenvalue weighted by Gasteiger charge is -2.33. The first-order valence-electron chi connectivity index (χ1n) is 49.9. The normalized spacial score (nSPS) is 18.2. The molecule has 10 heterocycles. The van der Waals surface area contributed by atoms with E-state index in [0.717, 1.165) is 10.5 Å². The van der Waals surface area contributed by atoms with Gasteiger partial charge in [0.15, 0.2) is 5.60 Å². The number of aromatic nitrogens is 4. The fourth-order valence-corrected chi connectivity index (χ4v) is 20.4. The molecule has 8 aliphatic rings. The van der Waals surface area contributed by atoms with Crippen molar-refractivity contribution in [2.75, 3.05) is 131 Å². The lowest BCUT2D eigenvalue weighted by molar-refractivity contribution is -0.172. The van der Waals surface area contributed by atoms with E-state index in [9.17, 15) is 96.5 Å². The molecule has 0 bridgehead atoms. The SMILES string of the molecule is CC[C@@]1(O)COCc2c1cc1n(c2=O)Cc2c-1nc1cc(F)c(C)c3c1c2[C@@H](NC(=O)COCNC(=O)CNC(=O)[C@H](Cc1ccccc1)NC(=O)CNC(=O)CNC(=O)CN1CCN(CC(=O)NCC(=O)NCC(=O)N[C@@H](Cc2ccccc2)C(=O)NCC(=O)NCOCC(=O)N[C@H]2CCc4c(C)c(F)cc5nc6c(c2c45)Cn2c-6cc4c(c2=O)COC(=O)[C@]4(O)CC)CCN(C(=O)CCCCCN2C(=O)C=CC2=O)CC1)CC3. The fraction of sp³-hybridized carbons (Fsp3) is 0.442. The van der Waals surface area contributed by atoms with Crippen LogP contribution in [0.4, 0.5) is 8.78 Å². The molecule has 8 aromatic rings. The minimum atomic E-state index is -2.10. The van der Waals surface area contributed by atoms with E-state index in [1.54, 1.807) is 120 Å². The number of cyclic esters (lactones) is 1. The summed E-state index contributed by atoms with van der Waals surface area (Å²) in [7, 11) is 0. The number of nitrogens with one attached hydrogen (secondary N) is 12. The van der Waals surface area contributed by atoms with E-state index < -0.39 is 207 Å². The van der Waals surface area contributed by atoms with Crippen molar-refractivity contribution in [3.05, 3.63) is 207 Å². The smallest absolute Gasteiger partial charge is 0.343 e. The second kappa shape index (κ2) is 47.4. The van der Waals surface area contributed by atoms with Crippen LogP contribution in [0.15, 0.2) is 107 Å². The molecule has 16 rings (SSSR count).